The van der Waals surface area contributed by atoms with Crippen LogP contribution in [0.5, 0.6) is 5.75 Å². The second-order valence-corrected chi connectivity index (χ2v) is 4.63. The fourth-order valence-corrected chi connectivity index (χ4v) is 2.10. The number of hydrogen-bond acceptors (Lipinski definition) is 5. The van der Waals surface area contributed by atoms with Gasteiger partial charge in [-0.2, -0.15) is 0 Å². The second kappa shape index (κ2) is 5.62. The van der Waals surface area contributed by atoms with Crippen LogP contribution in [0.15, 0.2) is 48.5 Å². The van der Waals surface area contributed by atoms with Crippen LogP contribution in [0.4, 0.5) is 5.69 Å². The number of ether oxygens (including phenoxy) is 1. The molecule has 0 unspecified atom stereocenters. The number of rotatable bonds is 4. The lowest BCUT2D eigenvalue weighted by Gasteiger charge is -2.06. The summed E-state index contributed by atoms with van der Waals surface area (Å²) in [5.41, 5.74) is 8.48. The van der Waals surface area contributed by atoms with E-state index in [9.17, 15) is 0 Å². The monoisotopic (exact) mass is 281 g/mol. The molecule has 2 N–H and O–H groups in total. The Labute approximate surface area is 122 Å². The van der Waals surface area contributed by atoms with Gasteiger partial charge in [-0.05, 0) is 40.3 Å². The predicted molar refractivity (Wildman–Crippen MR) is 79.8 cm³/mol. The zero-order valence-electron chi connectivity index (χ0n) is 11.6. The number of benzene rings is 2. The van der Waals surface area contributed by atoms with E-state index in [4.69, 9.17) is 10.5 Å². The highest BCUT2D eigenvalue weighted by atomic mass is 16.5. The number of hydrogen-bond donors (Lipinski definition) is 1. The molecule has 106 valence electrons. The summed E-state index contributed by atoms with van der Waals surface area (Å²) in [5.74, 6) is 1.52. The highest BCUT2D eigenvalue weighted by Gasteiger charge is 2.09. The third-order valence-electron chi connectivity index (χ3n) is 3.17. The van der Waals surface area contributed by atoms with Gasteiger partial charge in [-0.3, -0.25) is 0 Å². The maximum absolute atomic E-state index is 5.81. The number of methoxy groups -OCH3 is 1. The zero-order chi connectivity index (χ0) is 14.7. The molecule has 0 bridgehead atoms. The fraction of sp³-hybridized carbons (Fsp3) is 0.133. The summed E-state index contributed by atoms with van der Waals surface area (Å²) < 4.78 is 6.90. The molecule has 21 heavy (non-hydrogen) atoms. The molecule has 0 atom stereocenters. The first kappa shape index (κ1) is 13.1. The van der Waals surface area contributed by atoms with Gasteiger partial charge in [0.15, 0.2) is 5.82 Å². The lowest BCUT2D eigenvalue weighted by molar-refractivity contribution is 0.414. The van der Waals surface area contributed by atoms with E-state index in [1.807, 2.05) is 48.5 Å². The largest absolute Gasteiger partial charge is 0.497 e. The molecule has 2 aromatic carbocycles. The zero-order valence-corrected chi connectivity index (χ0v) is 11.6. The maximum Gasteiger partial charge on any atom is 0.182 e. The van der Waals surface area contributed by atoms with Gasteiger partial charge in [0, 0.05) is 11.3 Å². The van der Waals surface area contributed by atoms with Crippen LogP contribution in [-0.4, -0.2) is 27.3 Å². The average molecular weight is 281 g/mol. The van der Waals surface area contributed by atoms with Crippen molar-refractivity contribution in [3.63, 3.8) is 0 Å². The topological polar surface area (TPSA) is 78.8 Å². The van der Waals surface area contributed by atoms with E-state index >= 15 is 0 Å². The minimum Gasteiger partial charge on any atom is -0.497 e. The van der Waals surface area contributed by atoms with E-state index in [0.717, 1.165) is 16.9 Å². The van der Waals surface area contributed by atoms with Crippen molar-refractivity contribution in [1.82, 2.24) is 20.2 Å². The van der Waals surface area contributed by atoms with Gasteiger partial charge in [0.05, 0.1) is 13.7 Å². The second-order valence-electron chi connectivity index (χ2n) is 4.63. The first-order valence-corrected chi connectivity index (χ1v) is 6.51. The molecule has 3 rings (SSSR count). The summed E-state index contributed by atoms with van der Waals surface area (Å²) in [7, 11) is 1.65. The summed E-state index contributed by atoms with van der Waals surface area (Å²) in [6.07, 6.45) is 0. The number of nitrogens with two attached hydrogens (primary N) is 1. The van der Waals surface area contributed by atoms with Gasteiger partial charge in [0.1, 0.15) is 5.75 Å². The van der Waals surface area contributed by atoms with Gasteiger partial charge < -0.3 is 10.5 Å². The van der Waals surface area contributed by atoms with Crippen LogP contribution in [-0.2, 0) is 6.54 Å². The molecule has 0 spiro atoms. The van der Waals surface area contributed by atoms with Gasteiger partial charge in [0.25, 0.3) is 0 Å². The number of nitrogen functional groups attached to an aromatic ring is 1. The Kier molecular flexibility index (Phi) is 3.51. The molecule has 1 aromatic heterocycles. The Morgan fingerprint density at radius 1 is 1.14 bits per heavy atom. The molecule has 3 aromatic rings. The molecule has 0 saturated carbocycles. The molecule has 0 saturated heterocycles. The summed E-state index contributed by atoms with van der Waals surface area (Å²) in [5, 5.41) is 11.9. The van der Waals surface area contributed by atoms with Crippen molar-refractivity contribution in [2.24, 2.45) is 0 Å². The normalized spacial score (nSPS) is 10.5. The van der Waals surface area contributed by atoms with Crippen LogP contribution in [0.25, 0.3) is 11.4 Å². The Morgan fingerprint density at radius 2 is 1.95 bits per heavy atom. The van der Waals surface area contributed by atoms with E-state index in [2.05, 4.69) is 15.5 Å². The van der Waals surface area contributed by atoms with Crippen molar-refractivity contribution in [2.45, 2.75) is 6.54 Å². The van der Waals surface area contributed by atoms with Gasteiger partial charge in [-0.15, -0.1) is 5.10 Å². The molecule has 6 nitrogen and oxygen atoms in total. The SMILES string of the molecule is COc1ccc(Cn2nnnc2-c2cccc(N)c2)cc1. The lowest BCUT2D eigenvalue weighted by Crippen LogP contribution is -2.04. The number of aromatic nitrogens is 4. The summed E-state index contributed by atoms with van der Waals surface area (Å²) >= 11 is 0. The smallest absolute Gasteiger partial charge is 0.182 e. The van der Waals surface area contributed by atoms with E-state index in [1.54, 1.807) is 11.8 Å². The molecule has 0 aliphatic rings. The fourth-order valence-electron chi connectivity index (χ4n) is 2.10. The van der Waals surface area contributed by atoms with Gasteiger partial charge in [0.2, 0.25) is 0 Å². The highest BCUT2D eigenvalue weighted by molar-refractivity contribution is 5.60. The highest BCUT2D eigenvalue weighted by Crippen LogP contribution is 2.19. The van der Waals surface area contributed by atoms with Crippen LogP contribution in [0, 0.1) is 0 Å². The standard InChI is InChI=1S/C15H15N5O/c1-21-14-7-5-11(6-8-14)10-20-15(17-18-19-20)12-3-2-4-13(16)9-12/h2-9H,10,16H2,1H3. The maximum atomic E-state index is 5.81. The Hall–Kier alpha value is -2.89. The molecule has 0 fully saturated rings. The minimum absolute atomic E-state index is 0.584. The van der Waals surface area contributed by atoms with Crippen molar-refractivity contribution in [3.05, 3.63) is 54.1 Å². The van der Waals surface area contributed by atoms with Crippen LogP contribution in [0.2, 0.25) is 0 Å². The number of tetrazole rings is 1. The number of anilines is 1. The Morgan fingerprint density at radius 3 is 2.67 bits per heavy atom. The first-order valence-electron chi connectivity index (χ1n) is 6.51. The van der Waals surface area contributed by atoms with Crippen molar-refractivity contribution >= 4 is 5.69 Å². The predicted octanol–water partition coefficient (Wildman–Crippen LogP) is 1.98. The third kappa shape index (κ3) is 2.84. The molecular formula is C15H15N5O. The summed E-state index contributed by atoms with van der Waals surface area (Å²) in [6, 6.07) is 15.3. The van der Waals surface area contributed by atoms with Crippen LogP contribution < -0.4 is 10.5 Å². The number of nitrogens with zero attached hydrogens (tertiary/aromatic N) is 4. The van der Waals surface area contributed by atoms with Crippen molar-refractivity contribution in [1.29, 1.82) is 0 Å². The average Bonchev–Trinajstić information content (AvgIpc) is 2.96. The molecular weight excluding hydrogens is 266 g/mol. The molecule has 1 heterocycles. The van der Waals surface area contributed by atoms with Gasteiger partial charge in [-0.25, -0.2) is 4.68 Å². The van der Waals surface area contributed by atoms with Crippen molar-refractivity contribution < 1.29 is 4.74 Å². The van der Waals surface area contributed by atoms with Crippen LogP contribution >= 0.6 is 0 Å². The van der Waals surface area contributed by atoms with E-state index in [1.165, 1.54) is 0 Å². The lowest BCUT2D eigenvalue weighted by atomic mass is 10.2. The molecule has 0 amide bonds. The van der Waals surface area contributed by atoms with Gasteiger partial charge in [-0.1, -0.05) is 24.3 Å². The molecule has 0 aliphatic heterocycles. The molecule has 0 aliphatic carbocycles. The van der Waals surface area contributed by atoms with Crippen molar-refractivity contribution in [3.8, 4) is 17.1 Å². The van der Waals surface area contributed by atoms with E-state index in [-0.39, 0.29) is 0 Å². The Balaban J connectivity index is 1.88. The van der Waals surface area contributed by atoms with E-state index in [0.29, 0.717) is 18.1 Å². The Bertz CT molecular complexity index is 736. The minimum atomic E-state index is 0.584. The first-order chi connectivity index (χ1) is 10.3. The molecule has 6 heteroatoms. The van der Waals surface area contributed by atoms with E-state index < -0.39 is 0 Å². The van der Waals surface area contributed by atoms with Crippen molar-refractivity contribution in [2.75, 3.05) is 12.8 Å². The third-order valence-corrected chi connectivity index (χ3v) is 3.17. The van der Waals surface area contributed by atoms with Crippen LogP contribution in [0.1, 0.15) is 5.56 Å². The quantitative estimate of drug-likeness (QED) is 0.740. The van der Waals surface area contributed by atoms with Crippen LogP contribution in [0.3, 0.4) is 0 Å². The molecule has 0 radical (unpaired) electrons. The van der Waals surface area contributed by atoms with Gasteiger partial charge >= 0.3 is 0 Å². The summed E-state index contributed by atoms with van der Waals surface area (Å²) in [6.45, 7) is 0.584. The summed E-state index contributed by atoms with van der Waals surface area (Å²) in [4.78, 5) is 0.